The van der Waals surface area contributed by atoms with Crippen molar-refractivity contribution in [1.29, 1.82) is 0 Å². The maximum Gasteiger partial charge on any atom is 0.260 e. The van der Waals surface area contributed by atoms with Crippen molar-refractivity contribution in [2.45, 2.75) is 31.1 Å². The Morgan fingerprint density at radius 1 is 1.09 bits per heavy atom. The second kappa shape index (κ2) is 8.96. The molecule has 0 saturated heterocycles. The van der Waals surface area contributed by atoms with Crippen molar-refractivity contribution in [3.05, 3.63) is 70.0 Å². The molecule has 32 heavy (non-hydrogen) atoms. The molecule has 3 rings (SSSR count). The van der Waals surface area contributed by atoms with Gasteiger partial charge < -0.3 is 0 Å². The first kappa shape index (κ1) is 23.8. The number of carbonyl (C=O) groups is 1. The molecule has 3 aromatic rings. The van der Waals surface area contributed by atoms with Gasteiger partial charge in [0.05, 0.1) is 10.5 Å². The molecule has 0 saturated carbocycles. The summed E-state index contributed by atoms with van der Waals surface area (Å²) >= 11 is 0.927. The average molecular weight is 485 g/mol. The standard InChI is InChI=1S/C20H19F3N4O3S2/c1-4-24-32(29,30)11-9-12(16(23)15(22)10-11)17(28)25-19-27-26-18(31-19)20(2,3)13-7-5-6-8-14(13)21/h5-10,24H,4H2,1-3H3,(H,25,27,28). The summed E-state index contributed by atoms with van der Waals surface area (Å²) in [5.74, 6) is -4.54. The van der Waals surface area contributed by atoms with E-state index in [9.17, 15) is 26.4 Å². The van der Waals surface area contributed by atoms with Gasteiger partial charge in [0.15, 0.2) is 11.6 Å². The minimum absolute atomic E-state index is 0.0220. The Kier molecular flexibility index (Phi) is 6.67. The molecular weight excluding hydrogens is 465 g/mol. The Morgan fingerprint density at radius 3 is 2.44 bits per heavy atom. The first-order chi connectivity index (χ1) is 15.0. The van der Waals surface area contributed by atoms with Gasteiger partial charge in [0, 0.05) is 17.5 Å². The molecule has 1 aromatic heterocycles. The van der Waals surface area contributed by atoms with E-state index in [0.29, 0.717) is 16.6 Å². The van der Waals surface area contributed by atoms with Crippen LogP contribution < -0.4 is 10.0 Å². The van der Waals surface area contributed by atoms with Gasteiger partial charge in [-0.15, -0.1) is 10.2 Å². The third kappa shape index (κ3) is 4.66. The van der Waals surface area contributed by atoms with Crippen LogP contribution in [0.3, 0.4) is 0 Å². The number of nitrogens with zero attached hydrogens (tertiary/aromatic N) is 2. The zero-order valence-electron chi connectivity index (χ0n) is 17.2. The SMILES string of the molecule is CCNS(=O)(=O)c1cc(F)c(F)c(C(=O)Nc2nnc(C(C)(C)c3ccccc3F)s2)c1. The number of nitrogens with one attached hydrogen (secondary N) is 2. The second-order valence-electron chi connectivity index (χ2n) is 7.24. The van der Waals surface area contributed by atoms with Crippen molar-refractivity contribution in [3.8, 4) is 0 Å². The second-order valence-corrected chi connectivity index (χ2v) is 9.98. The van der Waals surface area contributed by atoms with E-state index in [1.54, 1.807) is 32.0 Å². The van der Waals surface area contributed by atoms with Crippen LogP contribution in [-0.4, -0.2) is 31.1 Å². The first-order valence-electron chi connectivity index (χ1n) is 9.36. The summed E-state index contributed by atoms with van der Waals surface area (Å²) in [6.07, 6.45) is 0. The summed E-state index contributed by atoms with van der Waals surface area (Å²) in [6.45, 7) is 4.98. The average Bonchev–Trinajstić information content (AvgIpc) is 3.19. The maximum atomic E-state index is 14.2. The van der Waals surface area contributed by atoms with Crippen molar-refractivity contribution < 1.29 is 26.4 Å². The van der Waals surface area contributed by atoms with Gasteiger partial charge in [0.1, 0.15) is 10.8 Å². The zero-order valence-corrected chi connectivity index (χ0v) is 18.9. The van der Waals surface area contributed by atoms with E-state index in [-0.39, 0.29) is 11.7 Å². The van der Waals surface area contributed by atoms with Crippen LogP contribution in [0.25, 0.3) is 0 Å². The van der Waals surface area contributed by atoms with Crippen LogP contribution in [0.4, 0.5) is 18.3 Å². The summed E-state index contributed by atoms with van der Waals surface area (Å²) in [7, 11) is -4.13. The molecule has 2 aromatic carbocycles. The van der Waals surface area contributed by atoms with Crippen LogP contribution in [0.15, 0.2) is 41.3 Å². The molecule has 1 heterocycles. The van der Waals surface area contributed by atoms with E-state index in [0.717, 1.165) is 17.4 Å². The number of amides is 1. The molecule has 0 atom stereocenters. The number of sulfonamides is 1. The van der Waals surface area contributed by atoms with Crippen LogP contribution in [0, 0.1) is 17.5 Å². The number of rotatable bonds is 7. The highest BCUT2D eigenvalue weighted by Gasteiger charge is 2.31. The van der Waals surface area contributed by atoms with Gasteiger partial charge in [0.25, 0.3) is 5.91 Å². The van der Waals surface area contributed by atoms with Gasteiger partial charge in [-0.3, -0.25) is 10.1 Å². The Balaban J connectivity index is 1.90. The van der Waals surface area contributed by atoms with E-state index in [1.807, 2.05) is 0 Å². The van der Waals surface area contributed by atoms with Gasteiger partial charge in [-0.25, -0.2) is 26.3 Å². The maximum absolute atomic E-state index is 14.2. The van der Waals surface area contributed by atoms with E-state index < -0.39 is 49.3 Å². The van der Waals surface area contributed by atoms with Crippen LogP contribution in [0.2, 0.25) is 0 Å². The Bertz CT molecular complexity index is 1280. The number of anilines is 1. The van der Waals surface area contributed by atoms with Gasteiger partial charge in [-0.05, 0) is 32.0 Å². The fourth-order valence-electron chi connectivity index (χ4n) is 2.93. The summed E-state index contributed by atoms with van der Waals surface area (Å²) in [4.78, 5) is 12.0. The lowest BCUT2D eigenvalue weighted by molar-refractivity contribution is 0.102. The molecule has 0 bridgehead atoms. The van der Waals surface area contributed by atoms with E-state index >= 15 is 0 Å². The number of halogens is 3. The molecule has 0 radical (unpaired) electrons. The molecular formula is C20H19F3N4O3S2. The number of benzene rings is 2. The fraction of sp³-hybridized carbons (Fsp3) is 0.250. The number of hydrogen-bond donors (Lipinski definition) is 2. The zero-order chi connectivity index (χ0) is 23.7. The molecule has 12 heteroatoms. The molecule has 0 fully saturated rings. The predicted octanol–water partition coefficient (Wildman–Crippen LogP) is 3.83. The molecule has 7 nitrogen and oxygen atoms in total. The van der Waals surface area contributed by atoms with Crippen LogP contribution in [0.1, 0.15) is 41.7 Å². The minimum atomic E-state index is -4.13. The molecule has 2 N–H and O–H groups in total. The largest absolute Gasteiger partial charge is 0.296 e. The van der Waals surface area contributed by atoms with Crippen molar-refractivity contribution in [1.82, 2.24) is 14.9 Å². The molecule has 0 aliphatic carbocycles. The Labute approximate surface area is 186 Å². The lowest BCUT2D eigenvalue weighted by Crippen LogP contribution is -2.24. The normalized spacial score (nSPS) is 12.1. The molecule has 0 unspecified atom stereocenters. The van der Waals surface area contributed by atoms with Crippen LogP contribution >= 0.6 is 11.3 Å². The summed E-state index contributed by atoms with van der Waals surface area (Å²) < 4.78 is 68.9. The van der Waals surface area contributed by atoms with Crippen LogP contribution in [0.5, 0.6) is 0 Å². The van der Waals surface area contributed by atoms with Crippen molar-refractivity contribution in [2.24, 2.45) is 0 Å². The van der Waals surface area contributed by atoms with Gasteiger partial charge in [0.2, 0.25) is 15.2 Å². The fourth-order valence-corrected chi connectivity index (χ4v) is 4.87. The molecule has 0 spiro atoms. The highest BCUT2D eigenvalue weighted by molar-refractivity contribution is 7.89. The van der Waals surface area contributed by atoms with Crippen LogP contribution in [-0.2, 0) is 15.4 Å². The third-order valence-corrected chi connectivity index (χ3v) is 7.31. The molecule has 0 aliphatic rings. The van der Waals surface area contributed by atoms with E-state index in [4.69, 9.17) is 0 Å². The van der Waals surface area contributed by atoms with Crippen molar-refractivity contribution >= 4 is 32.4 Å². The van der Waals surface area contributed by atoms with Gasteiger partial charge in [-0.1, -0.05) is 36.5 Å². The number of hydrogen-bond acceptors (Lipinski definition) is 6. The van der Waals surface area contributed by atoms with E-state index in [1.165, 1.54) is 13.0 Å². The smallest absolute Gasteiger partial charge is 0.260 e. The lowest BCUT2D eigenvalue weighted by atomic mass is 9.85. The predicted molar refractivity (Wildman–Crippen MR) is 114 cm³/mol. The molecule has 1 amide bonds. The summed E-state index contributed by atoms with van der Waals surface area (Å²) in [6, 6.07) is 7.37. The summed E-state index contributed by atoms with van der Waals surface area (Å²) in [5, 5.41) is 10.4. The Hall–Kier alpha value is -2.83. The van der Waals surface area contributed by atoms with Gasteiger partial charge >= 0.3 is 0 Å². The first-order valence-corrected chi connectivity index (χ1v) is 11.7. The number of carbonyl (C=O) groups excluding carboxylic acids is 1. The van der Waals surface area contributed by atoms with Crippen molar-refractivity contribution in [3.63, 3.8) is 0 Å². The lowest BCUT2D eigenvalue weighted by Gasteiger charge is -2.22. The molecule has 170 valence electrons. The topological polar surface area (TPSA) is 101 Å². The van der Waals surface area contributed by atoms with E-state index in [2.05, 4.69) is 20.2 Å². The minimum Gasteiger partial charge on any atom is -0.296 e. The third-order valence-electron chi connectivity index (χ3n) is 4.62. The monoisotopic (exact) mass is 484 g/mol. The van der Waals surface area contributed by atoms with Crippen molar-refractivity contribution in [2.75, 3.05) is 11.9 Å². The number of aromatic nitrogens is 2. The quantitative estimate of drug-likeness (QED) is 0.531. The highest BCUT2D eigenvalue weighted by atomic mass is 32.2. The highest BCUT2D eigenvalue weighted by Crippen LogP contribution is 2.36. The van der Waals surface area contributed by atoms with Gasteiger partial charge in [-0.2, -0.15) is 0 Å². The summed E-state index contributed by atoms with van der Waals surface area (Å²) in [5.41, 5.74) is -1.33. The molecule has 0 aliphatic heterocycles. The Morgan fingerprint density at radius 2 is 1.78 bits per heavy atom.